The Kier molecular flexibility index (Phi) is 3.21. The van der Waals surface area contributed by atoms with Crippen LogP contribution >= 0.6 is 11.6 Å². The Balaban J connectivity index is 2.00. The molecule has 0 fully saturated rings. The Bertz CT molecular complexity index is 624. The van der Waals surface area contributed by atoms with E-state index in [2.05, 4.69) is 6.07 Å². The summed E-state index contributed by atoms with van der Waals surface area (Å²) in [6, 6.07) is 11.9. The van der Waals surface area contributed by atoms with Gasteiger partial charge in [-0.2, -0.15) is 0 Å². The highest BCUT2D eigenvalue weighted by molar-refractivity contribution is 6.32. The molecule has 3 rings (SSSR count). The molecule has 1 unspecified atom stereocenters. The summed E-state index contributed by atoms with van der Waals surface area (Å²) in [5, 5.41) is 0.756. The minimum absolute atomic E-state index is 0.196. The van der Waals surface area contributed by atoms with Gasteiger partial charge >= 0.3 is 0 Å². The standard InChI is InChI=1S/C16H16ClNO/c1-10-3-2-4-13(15(10)17)16(18)12-5-6-14-11(9-12)7-8-19-14/h2-6,9,16H,7-8,18H2,1H3. The lowest BCUT2D eigenvalue weighted by Gasteiger charge is -2.16. The van der Waals surface area contributed by atoms with E-state index >= 15 is 0 Å². The van der Waals surface area contributed by atoms with Gasteiger partial charge in [-0.05, 0) is 35.2 Å². The summed E-state index contributed by atoms with van der Waals surface area (Å²) >= 11 is 6.35. The van der Waals surface area contributed by atoms with Crippen LogP contribution in [0.2, 0.25) is 5.02 Å². The first-order valence-corrected chi connectivity index (χ1v) is 6.81. The maximum Gasteiger partial charge on any atom is 0.122 e. The Labute approximate surface area is 118 Å². The first-order chi connectivity index (χ1) is 9.16. The van der Waals surface area contributed by atoms with Gasteiger partial charge < -0.3 is 10.5 Å². The molecule has 19 heavy (non-hydrogen) atoms. The van der Waals surface area contributed by atoms with Crippen LogP contribution in [0.5, 0.6) is 5.75 Å². The minimum Gasteiger partial charge on any atom is -0.493 e. The summed E-state index contributed by atoms with van der Waals surface area (Å²) in [6.07, 6.45) is 0.956. The first kappa shape index (κ1) is 12.5. The molecule has 0 aromatic heterocycles. The minimum atomic E-state index is -0.196. The Morgan fingerprint density at radius 2 is 2.11 bits per heavy atom. The third-order valence-corrected chi connectivity index (χ3v) is 4.15. The van der Waals surface area contributed by atoms with Crippen LogP contribution in [0, 0.1) is 6.92 Å². The first-order valence-electron chi connectivity index (χ1n) is 6.43. The summed E-state index contributed by atoms with van der Waals surface area (Å²) in [6.45, 7) is 2.76. The Morgan fingerprint density at radius 3 is 2.95 bits per heavy atom. The van der Waals surface area contributed by atoms with Gasteiger partial charge in [0.25, 0.3) is 0 Å². The van der Waals surface area contributed by atoms with Gasteiger partial charge in [-0.1, -0.05) is 41.9 Å². The lowest BCUT2D eigenvalue weighted by Crippen LogP contribution is -2.13. The van der Waals surface area contributed by atoms with Gasteiger partial charge in [0.2, 0.25) is 0 Å². The number of hydrogen-bond acceptors (Lipinski definition) is 2. The Hall–Kier alpha value is -1.51. The van der Waals surface area contributed by atoms with Crippen molar-refractivity contribution < 1.29 is 4.74 Å². The quantitative estimate of drug-likeness (QED) is 0.907. The van der Waals surface area contributed by atoms with E-state index in [9.17, 15) is 0 Å². The Morgan fingerprint density at radius 1 is 1.26 bits per heavy atom. The fraction of sp³-hybridized carbons (Fsp3) is 0.250. The second-order valence-corrected chi connectivity index (χ2v) is 5.30. The second-order valence-electron chi connectivity index (χ2n) is 4.92. The fourth-order valence-corrected chi connectivity index (χ4v) is 2.73. The highest BCUT2D eigenvalue weighted by Gasteiger charge is 2.17. The molecule has 3 heteroatoms. The van der Waals surface area contributed by atoms with Crippen LogP contribution < -0.4 is 10.5 Å². The lowest BCUT2D eigenvalue weighted by molar-refractivity contribution is 0.357. The van der Waals surface area contributed by atoms with Crippen molar-refractivity contribution in [1.82, 2.24) is 0 Å². The van der Waals surface area contributed by atoms with Crippen molar-refractivity contribution in [1.29, 1.82) is 0 Å². The molecule has 0 bridgehead atoms. The molecule has 1 aliphatic heterocycles. The summed E-state index contributed by atoms with van der Waals surface area (Å²) in [4.78, 5) is 0. The van der Waals surface area contributed by atoms with Gasteiger partial charge in [-0.25, -0.2) is 0 Å². The smallest absolute Gasteiger partial charge is 0.122 e. The molecule has 1 aliphatic rings. The van der Waals surface area contributed by atoms with E-state index in [4.69, 9.17) is 22.1 Å². The van der Waals surface area contributed by atoms with Gasteiger partial charge in [0, 0.05) is 11.4 Å². The van der Waals surface area contributed by atoms with Gasteiger partial charge in [0.1, 0.15) is 5.75 Å². The van der Waals surface area contributed by atoms with Crippen LogP contribution in [0.3, 0.4) is 0 Å². The molecule has 2 aromatic rings. The molecular formula is C16H16ClNO. The zero-order valence-corrected chi connectivity index (χ0v) is 11.6. The number of halogens is 1. The topological polar surface area (TPSA) is 35.2 Å². The summed E-state index contributed by atoms with van der Waals surface area (Å²) in [5.74, 6) is 0.978. The summed E-state index contributed by atoms with van der Waals surface area (Å²) in [7, 11) is 0. The van der Waals surface area contributed by atoms with E-state index in [-0.39, 0.29) is 6.04 Å². The van der Waals surface area contributed by atoms with E-state index in [0.29, 0.717) is 0 Å². The molecule has 2 nitrogen and oxygen atoms in total. The lowest BCUT2D eigenvalue weighted by atomic mass is 9.96. The second kappa shape index (κ2) is 4.87. The van der Waals surface area contributed by atoms with Crippen molar-refractivity contribution >= 4 is 11.6 Å². The molecule has 1 heterocycles. The molecule has 0 radical (unpaired) electrons. The normalized spacial score (nSPS) is 14.9. The van der Waals surface area contributed by atoms with Gasteiger partial charge in [-0.15, -0.1) is 0 Å². The van der Waals surface area contributed by atoms with Gasteiger partial charge in [0.15, 0.2) is 0 Å². The number of nitrogens with two attached hydrogens (primary N) is 1. The average molecular weight is 274 g/mol. The van der Waals surface area contributed by atoms with Crippen molar-refractivity contribution in [3.05, 3.63) is 63.7 Å². The van der Waals surface area contributed by atoms with Crippen molar-refractivity contribution in [2.75, 3.05) is 6.61 Å². The summed E-state index contributed by atoms with van der Waals surface area (Å²) in [5.41, 5.74) is 10.7. The zero-order chi connectivity index (χ0) is 13.4. The van der Waals surface area contributed by atoms with Crippen molar-refractivity contribution in [2.45, 2.75) is 19.4 Å². The largest absolute Gasteiger partial charge is 0.493 e. The molecule has 2 N–H and O–H groups in total. The van der Waals surface area contributed by atoms with Crippen molar-refractivity contribution in [3.8, 4) is 5.75 Å². The fourth-order valence-electron chi connectivity index (χ4n) is 2.49. The third kappa shape index (κ3) is 2.22. The van der Waals surface area contributed by atoms with Crippen molar-refractivity contribution in [3.63, 3.8) is 0 Å². The molecule has 98 valence electrons. The molecule has 0 aliphatic carbocycles. The highest BCUT2D eigenvalue weighted by atomic mass is 35.5. The number of aryl methyl sites for hydroxylation is 1. The van der Waals surface area contributed by atoms with E-state index < -0.39 is 0 Å². The molecule has 1 atom stereocenters. The monoisotopic (exact) mass is 273 g/mol. The van der Waals surface area contributed by atoms with Crippen LogP contribution in [-0.2, 0) is 6.42 Å². The molecule has 0 saturated heterocycles. The van der Waals surface area contributed by atoms with Crippen molar-refractivity contribution in [2.24, 2.45) is 5.73 Å². The number of fused-ring (bicyclic) bond motifs is 1. The van der Waals surface area contributed by atoms with Gasteiger partial charge in [0.05, 0.1) is 12.6 Å². The maximum atomic E-state index is 6.35. The van der Waals surface area contributed by atoms with Crippen LogP contribution in [0.4, 0.5) is 0 Å². The predicted molar refractivity (Wildman–Crippen MR) is 77.9 cm³/mol. The summed E-state index contributed by atoms with van der Waals surface area (Å²) < 4.78 is 5.51. The third-order valence-electron chi connectivity index (χ3n) is 3.63. The van der Waals surface area contributed by atoms with Gasteiger partial charge in [-0.3, -0.25) is 0 Å². The zero-order valence-electron chi connectivity index (χ0n) is 10.8. The SMILES string of the molecule is Cc1cccc(C(N)c2ccc3c(c2)CCO3)c1Cl. The van der Waals surface area contributed by atoms with Crippen LogP contribution in [0.25, 0.3) is 0 Å². The maximum absolute atomic E-state index is 6.35. The number of benzene rings is 2. The molecule has 0 amide bonds. The van der Waals surface area contributed by atoms with E-state index in [1.807, 2.05) is 37.3 Å². The highest BCUT2D eigenvalue weighted by Crippen LogP contribution is 2.32. The molecular weight excluding hydrogens is 258 g/mol. The van der Waals surface area contributed by atoms with E-state index in [0.717, 1.165) is 40.5 Å². The number of rotatable bonds is 2. The number of ether oxygens (including phenoxy) is 1. The van der Waals surface area contributed by atoms with Crippen LogP contribution in [-0.4, -0.2) is 6.61 Å². The molecule has 0 spiro atoms. The molecule has 0 saturated carbocycles. The van der Waals surface area contributed by atoms with E-state index in [1.54, 1.807) is 0 Å². The predicted octanol–water partition coefficient (Wildman–Crippen LogP) is 3.63. The number of hydrogen-bond donors (Lipinski definition) is 1. The van der Waals surface area contributed by atoms with Crippen LogP contribution in [0.1, 0.15) is 28.3 Å². The average Bonchev–Trinajstić information content (AvgIpc) is 2.88. The van der Waals surface area contributed by atoms with Crippen LogP contribution in [0.15, 0.2) is 36.4 Å². The van der Waals surface area contributed by atoms with E-state index in [1.165, 1.54) is 5.56 Å². The molecule has 2 aromatic carbocycles.